The van der Waals surface area contributed by atoms with Crippen LogP contribution in [0.3, 0.4) is 0 Å². The minimum Gasteiger partial charge on any atom is -0.438 e. The molecule has 1 aliphatic carbocycles. The van der Waals surface area contributed by atoms with Gasteiger partial charge in [0.05, 0.1) is 6.54 Å². The number of ether oxygens (including phenoxy) is 1. The second kappa shape index (κ2) is 9.81. The smallest absolute Gasteiger partial charge is 0.411 e. The molecule has 0 bridgehead atoms. The van der Waals surface area contributed by atoms with Crippen LogP contribution in [0.2, 0.25) is 0 Å². The molecule has 3 amide bonds. The molecule has 0 radical (unpaired) electrons. The van der Waals surface area contributed by atoms with Gasteiger partial charge in [0.25, 0.3) is 5.91 Å². The molecule has 0 aromatic heterocycles. The van der Waals surface area contributed by atoms with Crippen LogP contribution in [-0.2, 0) is 16.1 Å². The third-order valence-electron chi connectivity index (χ3n) is 6.33. The lowest BCUT2D eigenvalue weighted by molar-refractivity contribution is -0.126. The Labute approximate surface area is 208 Å². The third-order valence-corrected chi connectivity index (χ3v) is 6.33. The van der Waals surface area contributed by atoms with Gasteiger partial charge >= 0.3 is 6.09 Å². The molecule has 2 aliphatic rings. The average molecular weight is 488 g/mol. The van der Waals surface area contributed by atoms with Gasteiger partial charge in [0, 0.05) is 17.3 Å². The fourth-order valence-electron chi connectivity index (χ4n) is 4.21. The van der Waals surface area contributed by atoms with Gasteiger partial charge in [-0.3, -0.25) is 14.5 Å². The summed E-state index contributed by atoms with van der Waals surface area (Å²) in [5.74, 6) is -1.09. The number of hydrogen-bond acceptors (Lipinski definition) is 4. The average Bonchev–Trinajstić information content (AvgIpc) is 3.62. The quantitative estimate of drug-likeness (QED) is 0.505. The number of amides is 3. The Morgan fingerprint density at radius 2 is 1.75 bits per heavy atom. The van der Waals surface area contributed by atoms with Crippen LogP contribution >= 0.6 is 0 Å². The number of halogens is 1. The Morgan fingerprint density at radius 3 is 2.44 bits per heavy atom. The van der Waals surface area contributed by atoms with E-state index in [2.05, 4.69) is 10.6 Å². The molecule has 1 heterocycles. The van der Waals surface area contributed by atoms with Crippen molar-refractivity contribution >= 4 is 23.6 Å². The van der Waals surface area contributed by atoms with Crippen LogP contribution < -0.4 is 10.6 Å². The predicted molar refractivity (Wildman–Crippen MR) is 132 cm³/mol. The van der Waals surface area contributed by atoms with Gasteiger partial charge in [-0.15, -0.1) is 0 Å². The zero-order valence-corrected chi connectivity index (χ0v) is 19.7. The number of carbonyl (C=O) groups is 3. The van der Waals surface area contributed by atoms with Crippen molar-refractivity contribution in [2.75, 3.05) is 5.32 Å². The Morgan fingerprint density at radius 1 is 1.03 bits per heavy atom. The van der Waals surface area contributed by atoms with E-state index in [1.54, 1.807) is 24.3 Å². The maximum atomic E-state index is 13.3. The summed E-state index contributed by atoms with van der Waals surface area (Å²) < 4.78 is 18.9. The molecule has 0 unspecified atom stereocenters. The first-order chi connectivity index (χ1) is 17.4. The third kappa shape index (κ3) is 5.22. The normalized spacial score (nSPS) is 19.1. The van der Waals surface area contributed by atoms with E-state index < -0.39 is 30.0 Å². The van der Waals surface area contributed by atoms with Crippen LogP contribution in [0.25, 0.3) is 0 Å². The van der Waals surface area contributed by atoms with E-state index in [1.807, 2.05) is 31.2 Å². The summed E-state index contributed by atoms with van der Waals surface area (Å²) >= 11 is 0. The van der Waals surface area contributed by atoms with Crippen LogP contribution in [0.1, 0.15) is 46.0 Å². The maximum absolute atomic E-state index is 13.3. The molecule has 1 saturated carbocycles. The van der Waals surface area contributed by atoms with E-state index in [0.717, 1.165) is 24.0 Å². The van der Waals surface area contributed by atoms with Gasteiger partial charge in [0.2, 0.25) is 5.91 Å². The monoisotopic (exact) mass is 487 g/mol. The summed E-state index contributed by atoms with van der Waals surface area (Å²) in [6.07, 6.45) is 0.420. The number of aryl methyl sites for hydroxylation is 1. The first-order valence-electron chi connectivity index (χ1n) is 11.9. The molecule has 36 heavy (non-hydrogen) atoms. The minimum atomic E-state index is -0.859. The van der Waals surface area contributed by atoms with E-state index >= 15 is 0 Å². The van der Waals surface area contributed by atoms with Gasteiger partial charge in [-0.05, 0) is 67.3 Å². The molecule has 1 aliphatic heterocycles. The molecule has 1 saturated heterocycles. The van der Waals surface area contributed by atoms with E-state index in [9.17, 15) is 18.8 Å². The molecule has 3 aromatic carbocycles. The maximum Gasteiger partial charge on any atom is 0.411 e. The Balaban J connectivity index is 1.39. The zero-order chi connectivity index (χ0) is 25.2. The predicted octanol–water partition coefficient (Wildman–Crippen LogP) is 4.73. The molecule has 2 N–H and O–H groups in total. The van der Waals surface area contributed by atoms with Crippen LogP contribution in [0, 0.1) is 12.7 Å². The highest BCUT2D eigenvalue weighted by molar-refractivity contribution is 6.04. The first kappa shape index (κ1) is 23.5. The molecule has 0 spiro atoms. The van der Waals surface area contributed by atoms with Crippen molar-refractivity contribution in [1.82, 2.24) is 10.2 Å². The SMILES string of the molecule is Cc1ccc(CN2C(=O)O[C@@H](c3cccc(NC(=O)c4ccc(F)cc4)c3)[C@H]2C(=O)NC2CC2)cc1. The minimum absolute atomic E-state index is 0.122. The second-order valence-electron chi connectivity index (χ2n) is 9.23. The lowest BCUT2D eigenvalue weighted by Gasteiger charge is -2.24. The Kier molecular flexibility index (Phi) is 6.41. The van der Waals surface area contributed by atoms with Crippen LogP contribution in [0.4, 0.5) is 14.9 Å². The fourth-order valence-corrected chi connectivity index (χ4v) is 4.21. The molecular weight excluding hydrogens is 461 g/mol. The van der Waals surface area contributed by atoms with Crippen LogP contribution in [0.5, 0.6) is 0 Å². The number of nitrogens with one attached hydrogen (secondary N) is 2. The number of cyclic esters (lactones) is 1. The van der Waals surface area contributed by atoms with Crippen molar-refractivity contribution in [3.63, 3.8) is 0 Å². The van der Waals surface area contributed by atoms with Crippen molar-refractivity contribution in [3.05, 3.63) is 101 Å². The highest BCUT2D eigenvalue weighted by Gasteiger charge is 2.48. The van der Waals surface area contributed by atoms with E-state index in [1.165, 1.54) is 29.2 Å². The zero-order valence-electron chi connectivity index (χ0n) is 19.7. The molecule has 184 valence electrons. The number of hydrogen-bond donors (Lipinski definition) is 2. The lowest BCUT2D eigenvalue weighted by atomic mass is 10.00. The number of nitrogens with zero attached hydrogens (tertiary/aromatic N) is 1. The fraction of sp³-hybridized carbons (Fsp3) is 0.250. The van der Waals surface area contributed by atoms with Crippen molar-refractivity contribution < 1.29 is 23.5 Å². The van der Waals surface area contributed by atoms with E-state index in [0.29, 0.717) is 16.8 Å². The first-order valence-corrected chi connectivity index (χ1v) is 11.9. The number of carbonyl (C=O) groups excluding carboxylic acids is 3. The van der Waals surface area contributed by atoms with Gasteiger partial charge in [-0.2, -0.15) is 0 Å². The Hall–Kier alpha value is -4.20. The van der Waals surface area contributed by atoms with E-state index in [4.69, 9.17) is 4.74 Å². The summed E-state index contributed by atoms with van der Waals surface area (Å²) in [5.41, 5.74) is 3.35. The Bertz CT molecular complexity index is 1290. The van der Waals surface area contributed by atoms with Crippen molar-refractivity contribution in [2.24, 2.45) is 0 Å². The summed E-state index contributed by atoms with van der Waals surface area (Å²) in [6, 6.07) is 19.1. The largest absolute Gasteiger partial charge is 0.438 e. The number of anilines is 1. The number of benzene rings is 3. The van der Waals surface area contributed by atoms with Crippen molar-refractivity contribution in [3.8, 4) is 0 Å². The topological polar surface area (TPSA) is 87.7 Å². The standard InChI is InChI=1S/C28H26FN3O4/c1-17-5-7-18(8-6-17)16-32-24(27(34)30-22-13-14-22)25(36-28(32)35)20-3-2-4-23(15-20)31-26(33)19-9-11-21(29)12-10-19/h2-12,15,22,24-25H,13-14,16H2,1H3,(H,30,34)(H,31,33)/t24-,25-/m0/s1. The van der Waals surface area contributed by atoms with Crippen LogP contribution in [-0.4, -0.2) is 34.9 Å². The van der Waals surface area contributed by atoms with Gasteiger partial charge in [-0.25, -0.2) is 9.18 Å². The molecule has 7 nitrogen and oxygen atoms in total. The summed E-state index contributed by atoms with van der Waals surface area (Å²) in [7, 11) is 0. The highest BCUT2D eigenvalue weighted by atomic mass is 19.1. The molecule has 2 atom stereocenters. The molecule has 5 rings (SSSR count). The summed E-state index contributed by atoms with van der Waals surface area (Å²) in [4.78, 5) is 40.3. The van der Waals surface area contributed by atoms with Gasteiger partial charge in [0.15, 0.2) is 12.1 Å². The summed E-state index contributed by atoms with van der Waals surface area (Å²) in [6.45, 7) is 2.22. The van der Waals surface area contributed by atoms with Gasteiger partial charge in [-0.1, -0.05) is 42.0 Å². The van der Waals surface area contributed by atoms with Gasteiger partial charge < -0.3 is 15.4 Å². The van der Waals surface area contributed by atoms with Crippen molar-refractivity contribution in [2.45, 2.75) is 44.5 Å². The van der Waals surface area contributed by atoms with E-state index in [-0.39, 0.29) is 18.5 Å². The summed E-state index contributed by atoms with van der Waals surface area (Å²) in [5, 5.41) is 5.78. The molecular formula is C28H26FN3O4. The molecule has 2 fully saturated rings. The highest BCUT2D eigenvalue weighted by Crippen LogP contribution is 2.35. The van der Waals surface area contributed by atoms with Crippen LogP contribution in [0.15, 0.2) is 72.8 Å². The van der Waals surface area contributed by atoms with Crippen molar-refractivity contribution in [1.29, 1.82) is 0 Å². The lowest BCUT2D eigenvalue weighted by Crippen LogP contribution is -2.46. The number of rotatable bonds is 7. The van der Waals surface area contributed by atoms with Gasteiger partial charge in [0.1, 0.15) is 5.82 Å². The molecule has 3 aromatic rings. The molecule has 8 heteroatoms. The second-order valence-corrected chi connectivity index (χ2v) is 9.23.